The van der Waals surface area contributed by atoms with Crippen molar-refractivity contribution in [1.82, 2.24) is 9.97 Å². The lowest BCUT2D eigenvalue weighted by Crippen LogP contribution is -2.19. The molecule has 7 heteroatoms. The molecule has 3 aromatic rings. The molecule has 0 saturated heterocycles. The molecule has 0 amide bonds. The van der Waals surface area contributed by atoms with Crippen LogP contribution < -0.4 is 5.11 Å². The van der Waals surface area contributed by atoms with Crippen LogP contribution in [0.4, 0.5) is 13.2 Å². The SMILES string of the molecule is N=C([O-])Cc1ncc(-c2ccccc2)nc1-c1ccc(C(F)(F)F)cc1. The number of hydrogen-bond donors (Lipinski definition) is 1. The van der Waals surface area contributed by atoms with E-state index < -0.39 is 17.6 Å². The van der Waals surface area contributed by atoms with Crippen LogP contribution in [0.3, 0.4) is 0 Å². The van der Waals surface area contributed by atoms with Gasteiger partial charge in [0, 0.05) is 17.5 Å². The predicted molar refractivity (Wildman–Crippen MR) is 89.3 cm³/mol. The van der Waals surface area contributed by atoms with Gasteiger partial charge in [-0.05, 0) is 18.0 Å². The Balaban J connectivity index is 2.09. The number of nitrogens with zero attached hydrogens (tertiary/aromatic N) is 2. The average molecular weight is 356 g/mol. The fourth-order valence-corrected chi connectivity index (χ4v) is 2.49. The van der Waals surface area contributed by atoms with Crippen molar-refractivity contribution in [1.29, 1.82) is 5.41 Å². The maximum atomic E-state index is 12.8. The van der Waals surface area contributed by atoms with E-state index in [1.165, 1.54) is 18.3 Å². The van der Waals surface area contributed by atoms with E-state index in [0.717, 1.165) is 17.7 Å². The summed E-state index contributed by atoms with van der Waals surface area (Å²) in [5.74, 6) is -0.847. The summed E-state index contributed by atoms with van der Waals surface area (Å²) in [4.78, 5) is 8.70. The normalized spacial score (nSPS) is 11.3. The Morgan fingerprint density at radius 1 is 0.962 bits per heavy atom. The first-order valence-electron chi connectivity index (χ1n) is 7.68. The first kappa shape index (κ1) is 17.6. The first-order chi connectivity index (χ1) is 12.3. The Labute approximate surface area is 147 Å². The van der Waals surface area contributed by atoms with Gasteiger partial charge in [0.1, 0.15) is 0 Å². The lowest BCUT2D eigenvalue weighted by atomic mass is 10.0. The van der Waals surface area contributed by atoms with E-state index in [2.05, 4.69) is 9.97 Å². The van der Waals surface area contributed by atoms with E-state index in [1.807, 2.05) is 30.3 Å². The molecule has 3 rings (SSSR count). The molecular formula is C19H13F3N3O-. The van der Waals surface area contributed by atoms with Crippen molar-refractivity contribution in [3.63, 3.8) is 0 Å². The van der Waals surface area contributed by atoms with Gasteiger partial charge in [-0.3, -0.25) is 4.98 Å². The van der Waals surface area contributed by atoms with Gasteiger partial charge in [0.15, 0.2) is 0 Å². The third kappa shape index (κ3) is 3.88. The summed E-state index contributed by atoms with van der Waals surface area (Å²) in [6, 6.07) is 13.7. The lowest BCUT2D eigenvalue weighted by molar-refractivity contribution is -0.219. The van der Waals surface area contributed by atoms with Gasteiger partial charge >= 0.3 is 6.18 Å². The van der Waals surface area contributed by atoms with Gasteiger partial charge in [-0.1, -0.05) is 42.5 Å². The highest BCUT2D eigenvalue weighted by Crippen LogP contribution is 2.31. The number of halogens is 3. The minimum Gasteiger partial charge on any atom is -0.862 e. The Bertz CT molecular complexity index is 923. The van der Waals surface area contributed by atoms with Gasteiger partial charge < -0.3 is 10.5 Å². The monoisotopic (exact) mass is 356 g/mol. The molecule has 4 nitrogen and oxygen atoms in total. The molecule has 0 spiro atoms. The van der Waals surface area contributed by atoms with Crippen molar-refractivity contribution in [2.24, 2.45) is 0 Å². The number of rotatable bonds is 4. The van der Waals surface area contributed by atoms with Crippen molar-refractivity contribution in [2.75, 3.05) is 0 Å². The maximum absolute atomic E-state index is 12.8. The molecule has 0 aliphatic heterocycles. The Morgan fingerprint density at radius 3 is 2.19 bits per heavy atom. The van der Waals surface area contributed by atoms with Crippen molar-refractivity contribution >= 4 is 5.90 Å². The highest BCUT2D eigenvalue weighted by molar-refractivity contribution is 5.75. The van der Waals surface area contributed by atoms with Crippen LogP contribution in [0.5, 0.6) is 0 Å². The average Bonchev–Trinajstić information content (AvgIpc) is 2.62. The fraction of sp³-hybridized carbons (Fsp3) is 0.105. The number of alkyl halides is 3. The van der Waals surface area contributed by atoms with Crippen LogP contribution in [-0.4, -0.2) is 15.9 Å². The molecule has 132 valence electrons. The molecule has 0 aliphatic rings. The molecule has 0 atom stereocenters. The minimum atomic E-state index is -4.43. The van der Waals surface area contributed by atoms with Crippen LogP contribution in [0.1, 0.15) is 11.3 Å². The zero-order valence-electron chi connectivity index (χ0n) is 13.4. The van der Waals surface area contributed by atoms with Gasteiger partial charge in [-0.25, -0.2) is 4.98 Å². The molecule has 1 heterocycles. The van der Waals surface area contributed by atoms with E-state index in [4.69, 9.17) is 5.41 Å². The molecule has 0 aliphatic carbocycles. The molecule has 1 N–H and O–H groups in total. The quantitative estimate of drug-likeness (QED) is 0.572. The highest BCUT2D eigenvalue weighted by atomic mass is 19.4. The van der Waals surface area contributed by atoms with Crippen LogP contribution in [0.2, 0.25) is 0 Å². The van der Waals surface area contributed by atoms with E-state index in [0.29, 0.717) is 17.0 Å². The topological polar surface area (TPSA) is 72.7 Å². The molecule has 0 bridgehead atoms. The Morgan fingerprint density at radius 2 is 1.62 bits per heavy atom. The second-order valence-corrected chi connectivity index (χ2v) is 5.59. The van der Waals surface area contributed by atoms with Crippen molar-refractivity contribution in [2.45, 2.75) is 12.6 Å². The molecule has 1 aromatic heterocycles. The molecule has 0 fully saturated rings. The largest absolute Gasteiger partial charge is 0.862 e. The molecule has 26 heavy (non-hydrogen) atoms. The fourth-order valence-electron chi connectivity index (χ4n) is 2.49. The van der Waals surface area contributed by atoms with Crippen LogP contribution >= 0.6 is 0 Å². The smallest absolute Gasteiger partial charge is 0.416 e. The van der Waals surface area contributed by atoms with Gasteiger partial charge in [0.05, 0.1) is 28.8 Å². The number of nitrogens with one attached hydrogen (secondary N) is 1. The number of aromatic nitrogens is 2. The van der Waals surface area contributed by atoms with Crippen LogP contribution in [-0.2, 0) is 12.6 Å². The summed E-state index contributed by atoms with van der Waals surface area (Å²) in [6.07, 6.45) is -3.21. The molecule has 2 aromatic carbocycles. The summed E-state index contributed by atoms with van der Waals surface area (Å²) >= 11 is 0. The lowest BCUT2D eigenvalue weighted by Gasteiger charge is -2.13. The zero-order chi connectivity index (χ0) is 18.7. The van der Waals surface area contributed by atoms with Crippen molar-refractivity contribution < 1.29 is 18.3 Å². The van der Waals surface area contributed by atoms with E-state index in [1.54, 1.807) is 0 Å². The standard InChI is InChI=1S/C19H14F3N3O/c20-19(21,22)14-8-6-13(7-9-14)18-15(10-17(23)26)24-11-16(25-18)12-4-2-1-3-5-12/h1-9,11H,10H2,(H2,23,26)/p-1. The van der Waals surface area contributed by atoms with Gasteiger partial charge in [0.25, 0.3) is 0 Å². The molecule has 0 saturated carbocycles. The maximum Gasteiger partial charge on any atom is 0.416 e. The Kier molecular flexibility index (Phi) is 4.71. The summed E-state index contributed by atoms with van der Waals surface area (Å²) in [5, 5.41) is 18.3. The summed E-state index contributed by atoms with van der Waals surface area (Å²) in [6.45, 7) is 0. The zero-order valence-corrected chi connectivity index (χ0v) is 13.4. The van der Waals surface area contributed by atoms with E-state index in [9.17, 15) is 18.3 Å². The predicted octanol–water partition coefficient (Wildman–Crippen LogP) is 3.71. The van der Waals surface area contributed by atoms with Gasteiger partial charge in [-0.2, -0.15) is 13.2 Å². The van der Waals surface area contributed by atoms with Crippen LogP contribution in [0.25, 0.3) is 22.5 Å². The number of benzene rings is 2. The van der Waals surface area contributed by atoms with Gasteiger partial charge in [0.2, 0.25) is 0 Å². The Hall–Kier alpha value is -3.22. The molecular weight excluding hydrogens is 343 g/mol. The van der Waals surface area contributed by atoms with Crippen LogP contribution in [0.15, 0.2) is 60.8 Å². The molecule has 0 unspecified atom stereocenters. The molecule has 0 radical (unpaired) electrons. The van der Waals surface area contributed by atoms with Crippen molar-refractivity contribution in [3.05, 3.63) is 72.1 Å². The van der Waals surface area contributed by atoms with E-state index >= 15 is 0 Å². The second-order valence-electron chi connectivity index (χ2n) is 5.59. The summed E-state index contributed by atoms with van der Waals surface area (Å²) in [5.41, 5.74) is 1.50. The third-order valence-corrected chi connectivity index (χ3v) is 3.73. The van der Waals surface area contributed by atoms with Gasteiger partial charge in [-0.15, -0.1) is 0 Å². The first-order valence-corrected chi connectivity index (χ1v) is 7.68. The van der Waals surface area contributed by atoms with Crippen molar-refractivity contribution in [3.8, 4) is 22.5 Å². The minimum absolute atomic E-state index is 0.254. The summed E-state index contributed by atoms with van der Waals surface area (Å²) < 4.78 is 38.3. The second kappa shape index (κ2) is 6.95. The van der Waals surface area contributed by atoms with Crippen LogP contribution in [0, 0.1) is 5.41 Å². The highest BCUT2D eigenvalue weighted by Gasteiger charge is 2.30. The summed E-state index contributed by atoms with van der Waals surface area (Å²) in [7, 11) is 0. The van der Waals surface area contributed by atoms with E-state index in [-0.39, 0.29) is 12.1 Å². The number of hydrogen-bond acceptors (Lipinski definition) is 4. The third-order valence-electron chi connectivity index (χ3n) is 3.73.